The number of benzene rings is 1. The summed E-state index contributed by atoms with van der Waals surface area (Å²) in [6, 6.07) is 5.91. The number of aliphatic hydroxyl groups excluding tert-OH is 3. The van der Waals surface area contributed by atoms with E-state index in [-0.39, 0.29) is 0 Å². The van der Waals surface area contributed by atoms with Gasteiger partial charge in [0.15, 0.2) is 0 Å². The maximum atomic E-state index is 11.9. The third-order valence-corrected chi connectivity index (χ3v) is 5.41. The van der Waals surface area contributed by atoms with E-state index in [1.165, 1.54) is 23.2 Å². The van der Waals surface area contributed by atoms with Gasteiger partial charge in [-0.2, -0.15) is 0 Å². The number of hydrogen-bond donors (Lipinski definition) is 5. The summed E-state index contributed by atoms with van der Waals surface area (Å²) in [5.41, 5.74) is 2.53. The van der Waals surface area contributed by atoms with Crippen molar-refractivity contribution in [3.05, 3.63) is 47.9 Å². The topological polar surface area (TPSA) is 167 Å². The van der Waals surface area contributed by atoms with Gasteiger partial charge in [-0.05, 0) is 18.1 Å². The van der Waals surface area contributed by atoms with Crippen molar-refractivity contribution < 1.29 is 34.8 Å². The molecular formula is C22H28N4O7. The molecule has 0 bridgehead atoms. The Hall–Kier alpha value is -3.28. The van der Waals surface area contributed by atoms with E-state index in [4.69, 9.17) is 4.74 Å². The number of carboxylic acids is 1. The summed E-state index contributed by atoms with van der Waals surface area (Å²) in [5.74, 6) is -2.36. The maximum Gasteiger partial charge on any atom is 0.370 e. The number of aliphatic carboxylic acids is 1. The predicted molar refractivity (Wildman–Crippen MR) is 116 cm³/mol. The van der Waals surface area contributed by atoms with Crippen molar-refractivity contribution in [1.29, 1.82) is 0 Å². The van der Waals surface area contributed by atoms with Crippen molar-refractivity contribution in [3.63, 3.8) is 0 Å². The molecule has 2 heterocycles. The maximum absolute atomic E-state index is 11.9. The monoisotopic (exact) mass is 460 g/mol. The molecule has 0 aliphatic carbocycles. The number of nitrogens with zero attached hydrogens (tertiary/aromatic N) is 3. The standard InChI is InChI=1S/C22H28N4O7/c1-3-4-13-5-7-14(8-6-13)15-10-26(25-24-15)16-9-18(22(31)32)33-21(19(16)23-12(2)28)20(30)17(29)11-27/h5-10,16-17,19-21,27,29-30H,3-4,11H2,1-2H3,(H,23,28)(H,31,32)/t16-,17+,19+,20+,21+/m0/s1. The first-order valence-electron chi connectivity index (χ1n) is 10.6. The summed E-state index contributed by atoms with van der Waals surface area (Å²) in [4.78, 5) is 23.5. The summed E-state index contributed by atoms with van der Waals surface area (Å²) < 4.78 is 6.76. The molecule has 0 fully saturated rings. The average Bonchev–Trinajstić information content (AvgIpc) is 3.28. The molecule has 0 radical (unpaired) electrons. The Morgan fingerprint density at radius 2 is 1.94 bits per heavy atom. The molecule has 3 rings (SSSR count). The first-order valence-corrected chi connectivity index (χ1v) is 10.6. The SMILES string of the molecule is CCCc1ccc(-c2cn([C@H]3C=C(C(=O)O)O[C@@H]([C@H](O)[C@H](O)CO)[C@@H]3NC(C)=O)nn2)cc1. The van der Waals surface area contributed by atoms with Gasteiger partial charge in [0.05, 0.1) is 24.9 Å². The predicted octanol–water partition coefficient (Wildman–Crippen LogP) is 0.0248. The van der Waals surface area contributed by atoms with Gasteiger partial charge in [0, 0.05) is 12.5 Å². The summed E-state index contributed by atoms with van der Waals surface area (Å²) >= 11 is 0. The average molecular weight is 460 g/mol. The highest BCUT2D eigenvalue weighted by Crippen LogP contribution is 2.30. The molecular weight excluding hydrogens is 432 g/mol. The quantitative estimate of drug-likeness (QED) is 0.347. The van der Waals surface area contributed by atoms with Crippen LogP contribution in [0.2, 0.25) is 0 Å². The van der Waals surface area contributed by atoms with Crippen molar-refractivity contribution in [2.24, 2.45) is 0 Å². The molecule has 1 aromatic heterocycles. The van der Waals surface area contributed by atoms with E-state index < -0.39 is 54.6 Å². The number of carbonyl (C=O) groups excluding carboxylic acids is 1. The number of carbonyl (C=O) groups is 2. The van der Waals surface area contributed by atoms with E-state index in [2.05, 4.69) is 22.6 Å². The lowest BCUT2D eigenvalue weighted by Crippen LogP contribution is -2.58. The number of amides is 1. The van der Waals surface area contributed by atoms with Gasteiger partial charge in [-0.25, -0.2) is 9.48 Å². The Labute approximate surface area is 190 Å². The molecule has 0 saturated heterocycles. The van der Waals surface area contributed by atoms with E-state index in [9.17, 15) is 30.0 Å². The van der Waals surface area contributed by atoms with E-state index in [0.717, 1.165) is 18.4 Å². The molecule has 0 saturated carbocycles. The molecule has 0 unspecified atom stereocenters. The molecule has 11 heteroatoms. The number of aliphatic hydroxyl groups is 3. The minimum atomic E-state index is -1.69. The van der Waals surface area contributed by atoms with E-state index in [0.29, 0.717) is 5.69 Å². The van der Waals surface area contributed by atoms with Crippen LogP contribution in [0.3, 0.4) is 0 Å². The second kappa shape index (κ2) is 10.6. The normalized spacial score (nSPS) is 22.1. The summed E-state index contributed by atoms with van der Waals surface area (Å²) in [5, 5.41) is 50.1. The van der Waals surface area contributed by atoms with Crippen molar-refractivity contribution in [2.75, 3.05) is 6.61 Å². The smallest absolute Gasteiger partial charge is 0.370 e. The number of ether oxygens (including phenoxy) is 1. The Morgan fingerprint density at radius 3 is 2.52 bits per heavy atom. The van der Waals surface area contributed by atoms with Crippen molar-refractivity contribution in [2.45, 2.75) is 57.1 Å². The van der Waals surface area contributed by atoms with E-state index in [1.54, 1.807) is 6.20 Å². The number of nitrogens with one attached hydrogen (secondary N) is 1. The Kier molecular flexibility index (Phi) is 7.79. The van der Waals surface area contributed by atoms with Gasteiger partial charge in [-0.1, -0.05) is 42.8 Å². The molecule has 1 aromatic carbocycles. The number of aromatic nitrogens is 3. The lowest BCUT2D eigenvalue weighted by Gasteiger charge is -2.39. The highest BCUT2D eigenvalue weighted by molar-refractivity contribution is 5.84. The van der Waals surface area contributed by atoms with Gasteiger partial charge < -0.3 is 30.5 Å². The van der Waals surface area contributed by atoms with Crippen molar-refractivity contribution in [3.8, 4) is 11.3 Å². The fraction of sp³-hybridized carbons (Fsp3) is 0.455. The van der Waals surface area contributed by atoms with Gasteiger partial charge in [0.25, 0.3) is 0 Å². The Balaban J connectivity index is 1.99. The molecule has 11 nitrogen and oxygen atoms in total. The second-order valence-electron chi connectivity index (χ2n) is 7.91. The second-order valence-corrected chi connectivity index (χ2v) is 7.91. The van der Waals surface area contributed by atoms with Crippen LogP contribution in [0.25, 0.3) is 11.3 Å². The van der Waals surface area contributed by atoms with Gasteiger partial charge in [0.2, 0.25) is 11.7 Å². The van der Waals surface area contributed by atoms with Gasteiger partial charge in [-0.15, -0.1) is 5.10 Å². The molecule has 0 spiro atoms. The van der Waals surface area contributed by atoms with Crippen LogP contribution in [-0.2, 0) is 20.7 Å². The van der Waals surface area contributed by atoms with Crippen LogP contribution >= 0.6 is 0 Å². The van der Waals surface area contributed by atoms with Gasteiger partial charge >= 0.3 is 5.97 Å². The van der Waals surface area contributed by atoms with Crippen LogP contribution in [0.5, 0.6) is 0 Å². The molecule has 5 N–H and O–H groups in total. The lowest BCUT2D eigenvalue weighted by atomic mass is 9.92. The summed E-state index contributed by atoms with van der Waals surface area (Å²) in [7, 11) is 0. The van der Waals surface area contributed by atoms with Crippen LogP contribution in [-0.4, -0.2) is 78.3 Å². The molecule has 1 aliphatic rings. The lowest BCUT2D eigenvalue weighted by molar-refractivity contribution is -0.147. The fourth-order valence-corrected chi connectivity index (χ4v) is 3.77. The van der Waals surface area contributed by atoms with Crippen LogP contribution in [0.4, 0.5) is 0 Å². The number of rotatable bonds is 9. The molecule has 1 amide bonds. The number of carboxylic acid groups (broad SMARTS) is 1. The van der Waals surface area contributed by atoms with E-state index >= 15 is 0 Å². The Morgan fingerprint density at radius 1 is 1.24 bits per heavy atom. The van der Waals surface area contributed by atoms with Crippen LogP contribution in [0, 0.1) is 0 Å². The molecule has 33 heavy (non-hydrogen) atoms. The first kappa shape index (κ1) is 24.4. The zero-order chi connectivity index (χ0) is 24.1. The minimum Gasteiger partial charge on any atom is -0.478 e. The largest absolute Gasteiger partial charge is 0.478 e. The molecule has 1 aliphatic heterocycles. The molecule has 2 aromatic rings. The molecule has 5 atom stereocenters. The number of aryl methyl sites for hydroxylation is 1. The fourth-order valence-electron chi connectivity index (χ4n) is 3.77. The van der Waals surface area contributed by atoms with Crippen molar-refractivity contribution >= 4 is 11.9 Å². The van der Waals surface area contributed by atoms with Crippen LogP contribution in [0.15, 0.2) is 42.3 Å². The zero-order valence-electron chi connectivity index (χ0n) is 18.3. The zero-order valence-corrected chi connectivity index (χ0v) is 18.3. The van der Waals surface area contributed by atoms with Crippen LogP contribution in [0.1, 0.15) is 31.9 Å². The Bertz CT molecular complexity index is 1000. The third kappa shape index (κ3) is 5.56. The molecule has 178 valence electrons. The summed E-state index contributed by atoms with van der Waals surface area (Å²) in [6.45, 7) is 2.57. The van der Waals surface area contributed by atoms with Gasteiger partial charge in [0.1, 0.15) is 24.0 Å². The van der Waals surface area contributed by atoms with Crippen LogP contribution < -0.4 is 5.32 Å². The third-order valence-electron chi connectivity index (χ3n) is 5.41. The summed E-state index contributed by atoms with van der Waals surface area (Å²) in [6.07, 6.45) is 0.152. The highest BCUT2D eigenvalue weighted by Gasteiger charge is 2.44. The first-order chi connectivity index (χ1) is 15.7. The number of hydrogen-bond acceptors (Lipinski definition) is 8. The van der Waals surface area contributed by atoms with Crippen molar-refractivity contribution in [1.82, 2.24) is 20.3 Å². The van der Waals surface area contributed by atoms with E-state index in [1.807, 2.05) is 24.3 Å². The van der Waals surface area contributed by atoms with Gasteiger partial charge in [-0.3, -0.25) is 4.79 Å². The highest BCUT2D eigenvalue weighted by atomic mass is 16.5. The minimum absolute atomic E-state index is 0.469.